The van der Waals surface area contributed by atoms with E-state index in [1.807, 2.05) is 13.0 Å². The maximum atomic E-state index is 12.0. The number of carbonyl (C=O) groups is 1. The lowest BCUT2D eigenvalue weighted by molar-refractivity contribution is -0.135. The van der Waals surface area contributed by atoms with Crippen molar-refractivity contribution >= 4 is 5.97 Å². The Labute approximate surface area is 169 Å². The first-order valence-corrected chi connectivity index (χ1v) is 10.4. The molecule has 5 aliphatic rings. The van der Waals surface area contributed by atoms with Gasteiger partial charge in [0.2, 0.25) is 0 Å². The fraction of sp³-hybridized carbons (Fsp3) is 0.609. The average molecular weight is 400 g/mol. The molecule has 0 aromatic heterocycles. The molecule has 5 rings (SSSR count). The summed E-state index contributed by atoms with van der Waals surface area (Å²) in [7, 11) is 0. The monoisotopic (exact) mass is 400 g/mol. The van der Waals surface area contributed by atoms with Gasteiger partial charge in [-0.05, 0) is 61.2 Å². The normalized spacial score (nSPS) is 46.2. The number of aliphatic hydroxyl groups is 4. The molecule has 1 fully saturated rings. The minimum absolute atomic E-state index is 0.0530. The summed E-state index contributed by atoms with van der Waals surface area (Å²) in [5.41, 5.74) is -1.32. The van der Waals surface area contributed by atoms with Crippen LogP contribution in [0, 0.1) is 28.6 Å². The van der Waals surface area contributed by atoms with Gasteiger partial charge in [0.25, 0.3) is 0 Å². The lowest BCUT2D eigenvalue weighted by Crippen LogP contribution is -2.57. The van der Waals surface area contributed by atoms with Crippen LogP contribution in [0.4, 0.5) is 0 Å². The van der Waals surface area contributed by atoms with Crippen LogP contribution in [0.1, 0.15) is 46.0 Å². The van der Waals surface area contributed by atoms with E-state index in [4.69, 9.17) is 4.74 Å². The van der Waals surface area contributed by atoms with Crippen LogP contribution in [0.3, 0.4) is 0 Å². The summed E-state index contributed by atoms with van der Waals surface area (Å²) in [6.07, 6.45) is 7.73. The van der Waals surface area contributed by atoms with E-state index in [1.165, 1.54) is 6.08 Å². The van der Waals surface area contributed by atoms with Crippen molar-refractivity contribution in [2.24, 2.45) is 28.6 Å². The van der Waals surface area contributed by atoms with Crippen molar-refractivity contribution in [3.05, 3.63) is 46.7 Å². The van der Waals surface area contributed by atoms with Gasteiger partial charge in [0.15, 0.2) is 0 Å². The number of ether oxygens (including phenoxy) is 1. The molecule has 156 valence electrons. The van der Waals surface area contributed by atoms with Crippen LogP contribution in [0.25, 0.3) is 0 Å². The summed E-state index contributed by atoms with van der Waals surface area (Å²) in [6, 6.07) is 0. The van der Waals surface area contributed by atoms with Gasteiger partial charge in [-0.3, -0.25) is 0 Å². The van der Waals surface area contributed by atoms with Gasteiger partial charge in [-0.15, -0.1) is 0 Å². The molecule has 6 unspecified atom stereocenters. The number of esters is 1. The zero-order valence-electron chi connectivity index (χ0n) is 16.8. The van der Waals surface area contributed by atoms with E-state index in [-0.39, 0.29) is 47.3 Å². The standard InChI is InChI=1S/C23H28O6/c1-21-5-3-14(24)8-13(21)9-17(25)20-16(21)10-18(26)22(2)15(4-6-23(20,22)28)12-7-19(27)29-11-12/h7-8,10,13,15-16,24-26,28H,3-6,9,11H2,1-2H3. The van der Waals surface area contributed by atoms with E-state index in [1.54, 1.807) is 6.08 Å². The molecule has 29 heavy (non-hydrogen) atoms. The minimum Gasteiger partial charge on any atom is -0.513 e. The van der Waals surface area contributed by atoms with E-state index in [0.717, 1.165) is 12.0 Å². The second-order valence-electron chi connectivity index (χ2n) is 9.85. The number of fused-ring (bicyclic) bond motifs is 5. The van der Waals surface area contributed by atoms with Gasteiger partial charge in [-0.2, -0.15) is 0 Å². The Morgan fingerprint density at radius 2 is 1.90 bits per heavy atom. The molecule has 1 aliphatic heterocycles. The molecule has 1 heterocycles. The molecule has 0 radical (unpaired) electrons. The van der Waals surface area contributed by atoms with Gasteiger partial charge in [0, 0.05) is 30.4 Å². The lowest BCUT2D eigenvalue weighted by atomic mass is 9.49. The van der Waals surface area contributed by atoms with E-state index >= 15 is 0 Å². The highest BCUT2D eigenvalue weighted by Gasteiger charge is 2.68. The van der Waals surface area contributed by atoms with Crippen LogP contribution in [-0.2, 0) is 9.53 Å². The van der Waals surface area contributed by atoms with Crippen LogP contribution in [0.2, 0.25) is 0 Å². The maximum absolute atomic E-state index is 12.0. The Hall–Kier alpha value is -2.21. The summed E-state index contributed by atoms with van der Waals surface area (Å²) in [5, 5.41) is 44.4. The van der Waals surface area contributed by atoms with Gasteiger partial charge >= 0.3 is 5.97 Å². The quantitative estimate of drug-likeness (QED) is 0.499. The number of aliphatic hydroxyl groups excluding tert-OH is 3. The molecule has 0 bridgehead atoms. The third kappa shape index (κ3) is 2.18. The van der Waals surface area contributed by atoms with Crippen molar-refractivity contribution < 1.29 is 30.0 Å². The maximum Gasteiger partial charge on any atom is 0.331 e. The molecule has 4 N–H and O–H groups in total. The van der Waals surface area contributed by atoms with E-state index in [0.29, 0.717) is 37.0 Å². The predicted molar refractivity (Wildman–Crippen MR) is 105 cm³/mol. The Morgan fingerprint density at radius 1 is 1.14 bits per heavy atom. The Bertz CT molecular complexity index is 926. The van der Waals surface area contributed by atoms with Crippen molar-refractivity contribution in [2.75, 3.05) is 6.61 Å². The van der Waals surface area contributed by atoms with Gasteiger partial charge in [-0.1, -0.05) is 6.92 Å². The number of cyclic esters (lactones) is 1. The average Bonchev–Trinajstić information content (AvgIpc) is 3.19. The van der Waals surface area contributed by atoms with Gasteiger partial charge in [0.05, 0.1) is 22.7 Å². The first kappa shape index (κ1) is 18.8. The number of allylic oxidation sites excluding steroid dienone is 4. The van der Waals surface area contributed by atoms with Crippen LogP contribution in [-0.4, -0.2) is 38.6 Å². The lowest BCUT2D eigenvalue weighted by Gasteiger charge is -2.57. The Kier molecular flexibility index (Phi) is 3.69. The summed E-state index contributed by atoms with van der Waals surface area (Å²) >= 11 is 0. The Morgan fingerprint density at radius 3 is 2.59 bits per heavy atom. The SMILES string of the molecule is CC12CCC(O)=CC1CC(O)=C1C2C=C(O)C2(C)C(C3=CC(=O)OC3)CCC12O. The predicted octanol–water partition coefficient (Wildman–Crippen LogP) is 3.76. The molecule has 6 atom stereocenters. The highest BCUT2D eigenvalue weighted by molar-refractivity contribution is 5.85. The smallest absolute Gasteiger partial charge is 0.331 e. The van der Waals surface area contributed by atoms with Crippen molar-refractivity contribution in [1.82, 2.24) is 0 Å². The Balaban J connectivity index is 1.67. The van der Waals surface area contributed by atoms with Crippen molar-refractivity contribution in [3.63, 3.8) is 0 Å². The molecule has 0 aromatic carbocycles. The minimum atomic E-state index is -1.39. The molecule has 0 aromatic rings. The number of hydrogen-bond acceptors (Lipinski definition) is 6. The molecular weight excluding hydrogens is 372 g/mol. The second-order valence-corrected chi connectivity index (χ2v) is 9.85. The van der Waals surface area contributed by atoms with Crippen LogP contribution in [0.5, 0.6) is 0 Å². The number of hydrogen-bond donors (Lipinski definition) is 4. The van der Waals surface area contributed by atoms with Gasteiger partial charge in [0.1, 0.15) is 12.2 Å². The van der Waals surface area contributed by atoms with Gasteiger partial charge < -0.3 is 25.2 Å². The summed E-state index contributed by atoms with van der Waals surface area (Å²) in [6.45, 7) is 4.13. The third-order valence-corrected chi connectivity index (χ3v) is 8.69. The van der Waals surface area contributed by atoms with Crippen LogP contribution >= 0.6 is 0 Å². The molecule has 6 nitrogen and oxygen atoms in total. The van der Waals surface area contributed by atoms with E-state index in [9.17, 15) is 25.2 Å². The molecule has 0 saturated heterocycles. The molecule has 6 heteroatoms. The van der Waals surface area contributed by atoms with Crippen molar-refractivity contribution in [2.45, 2.75) is 51.6 Å². The molecule has 0 spiro atoms. The first-order valence-electron chi connectivity index (χ1n) is 10.4. The largest absolute Gasteiger partial charge is 0.513 e. The van der Waals surface area contributed by atoms with Gasteiger partial charge in [-0.25, -0.2) is 4.79 Å². The molecular formula is C23H28O6. The first-order chi connectivity index (χ1) is 13.6. The second kappa shape index (κ2) is 5.69. The zero-order chi connectivity index (χ0) is 20.8. The summed E-state index contributed by atoms with van der Waals surface area (Å²) < 4.78 is 5.09. The van der Waals surface area contributed by atoms with E-state index < -0.39 is 11.0 Å². The molecule has 1 saturated carbocycles. The summed E-state index contributed by atoms with van der Waals surface area (Å²) in [5.74, 6) is -0.368. The fourth-order valence-electron chi connectivity index (χ4n) is 6.84. The molecule has 0 amide bonds. The van der Waals surface area contributed by atoms with Crippen LogP contribution < -0.4 is 0 Å². The number of carbonyl (C=O) groups excluding carboxylic acids is 1. The van der Waals surface area contributed by atoms with E-state index in [2.05, 4.69) is 6.92 Å². The number of rotatable bonds is 1. The fourth-order valence-corrected chi connectivity index (χ4v) is 6.84. The molecule has 4 aliphatic carbocycles. The third-order valence-electron chi connectivity index (χ3n) is 8.69. The van der Waals surface area contributed by atoms with Crippen molar-refractivity contribution in [1.29, 1.82) is 0 Å². The summed E-state index contributed by atoms with van der Waals surface area (Å²) in [4.78, 5) is 11.6. The van der Waals surface area contributed by atoms with Crippen LogP contribution in [0.15, 0.2) is 46.7 Å². The zero-order valence-corrected chi connectivity index (χ0v) is 16.8. The topological polar surface area (TPSA) is 107 Å². The highest BCUT2D eigenvalue weighted by atomic mass is 16.5. The van der Waals surface area contributed by atoms with Crippen molar-refractivity contribution in [3.8, 4) is 0 Å². The highest BCUT2D eigenvalue weighted by Crippen LogP contribution is 2.68.